The molecule has 2 unspecified atom stereocenters. The van der Waals surface area contributed by atoms with Crippen molar-refractivity contribution in [1.82, 2.24) is 4.90 Å². The Morgan fingerprint density at radius 3 is 2.75 bits per heavy atom. The van der Waals surface area contributed by atoms with E-state index in [4.69, 9.17) is 0 Å². The van der Waals surface area contributed by atoms with Crippen LogP contribution in [0.25, 0.3) is 0 Å². The number of hydrogen-bond acceptors (Lipinski definition) is 3. The van der Waals surface area contributed by atoms with Gasteiger partial charge in [0.15, 0.2) is 0 Å². The van der Waals surface area contributed by atoms with Gasteiger partial charge in [0.2, 0.25) is 5.91 Å². The lowest BCUT2D eigenvalue weighted by Crippen LogP contribution is -2.53. The van der Waals surface area contributed by atoms with E-state index in [-0.39, 0.29) is 24.7 Å². The number of carbonyl (C=O) groups is 1. The Bertz CT molecular complexity index is 475. The molecule has 4 nitrogen and oxygen atoms in total. The second-order valence-corrected chi connectivity index (χ2v) is 5.64. The third kappa shape index (κ3) is 2.86. The quantitative estimate of drug-likeness (QED) is 0.920. The van der Waals surface area contributed by atoms with Gasteiger partial charge < -0.3 is 10.0 Å². The van der Waals surface area contributed by atoms with Gasteiger partial charge in [-0.1, -0.05) is 18.2 Å². The molecule has 0 spiro atoms. The van der Waals surface area contributed by atoms with Crippen LogP contribution in [0.1, 0.15) is 31.7 Å². The van der Waals surface area contributed by atoms with Crippen molar-refractivity contribution in [3.8, 4) is 0 Å². The van der Waals surface area contributed by atoms with E-state index >= 15 is 0 Å². The van der Waals surface area contributed by atoms with E-state index in [1.807, 2.05) is 43.1 Å². The lowest BCUT2D eigenvalue weighted by atomic mass is 9.96. The molecule has 1 heterocycles. The van der Waals surface area contributed by atoms with Crippen LogP contribution in [0.3, 0.4) is 0 Å². The molecule has 110 valence electrons. The largest absolute Gasteiger partial charge is 0.381 e. The van der Waals surface area contributed by atoms with Crippen LogP contribution in [0.4, 0.5) is 5.69 Å². The Balaban J connectivity index is 2.19. The highest BCUT2D eigenvalue weighted by atomic mass is 16.3. The van der Waals surface area contributed by atoms with Gasteiger partial charge in [-0.2, -0.15) is 0 Å². The number of benzene rings is 1. The van der Waals surface area contributed by atoms with Crippen molar-refractivity contribution in [2.75, 3.05) is 18.7 Å². The maximum absolute atomic E-state index is 12.7. The van der Waals surface area contributed by atoms with Crippen LogP contribution < -0.4 is 4.90 Å². The lowest BCUT2D eigenvalue weighted by Gasteiger charge is -2.39. The molecule has 1 aromatic rings. The zero-order valence-electron chi connectivity index (χ0n) is 12.5. The van der Waals surface area contributed by atoms with Crippen molar-refractivity contribution < 1.29 is 9.90 Å². The van der Waals surface area contributed by atoms with Gasteiger partial charge in [0.1, 0.15) is 0 Å². The van der Waals surface area contributed by atoms with Crippen LogP contribution in [0.2, 0.25) is 0 Å². The molecule has 1 amide bonds. The van der Waals surface area contributed by atoms with Crippen molar-refractivity contribution in [2.24, 2.45) is 0 Å². The van der Waals surface area contributed by atoms with Crippen LogP contribution in [0.5, 0.6) is 0 Å². The number of likely N-dealkylation sites (tertiary alicyclic amines) is 1. The molecule has 1 aliphatic rings. The number of carbonyl (C=O) groups excluding carboxylic acids is 1. The number of aliphatic hydroxyl groups excluding tert-OH is 1. The highest BCUT2D eigenvalue weighted by Crippen LogP contribution is 2.26. The van der Waals surface area contributed by atoms with Crippen LogP contribution in [-0.2, 0) is 4.79 Å². The number of rotatable bonds is 3. The van der Waals surface area contributed by atoms with Crippen LogP contribution in [0.15, 0.2) is 24.3 Å². The van der Waals surface area contributed by atoms with Gasteiger partial charge in [0, 0.05) is 18.8 Å². The molecule has 1 fully saturated rings. The number of para-hydroxylation sites is 1. The highest BCUT2D eigenvalue weighted by Gasteiger charge is 2.34. The van der Waals surface area contributed by atoms with E-state index in [1.165, 1.54) is 0 Å². The smallest absolute Gasteiger partial charge is 0.244 e. The Hall–Kier alpha value is -1.39. The Morgan fingerprint density at radius 2 is 2.10 bits per heavy atom. The molecule has 0 aliphatic carbocycles. The zero-order valence-corrected chi connectivity index (χ0v) is 12.5. The van der Waals surface area contributed by atoms with Crippen LogP contribution in [0, 0.1) is 6.92 Å². The third-order valence-corrected chi connectivity index (χ3v) is 4.32. The molecule has 4 heteroatoms. The number of piperidine rings is 1. The lowest BCUT2D eigenvalue weighted by molar-refractivity contribution is -0.128. The molecular weight excluding hydrogens is 252 g/mol. The summed E-state index contributed by atoms with van der Waals surface area (Å²) in [6.07, 6.45) is 2.90. The van der Waals surface area contributed by atoms with Gasteiger partial charge in [-0.3, -0.25) is 9.69 Å². The SMILES string of the molecule is Cc1ccccc1N(C)C(=O)C1CCCC(C)N1CO. The number of amides is 1. The molecule has 1 saturated heterocycles. The average molecular weight is 276 g/mol. The molecule has 0 bridgehead atoms. The molecule has 1 N–H and O–H groups in total. The zero-order chi connectivity index (χ0) is 14.7. The number of aryl methyl sites for hydroxylation is 1. The first-order valence-corrected chi connectivity index (χ1v) is 7.26. The van der Waals surface area contributed by atoms with E-state index in [2.05, 4.69) is 6.92 Å². The number of likely N-dealkylation sites (N-methyl/N-ethyl adjacent to an activating group) is 1. The first-order chi connectivity index (χ1) is 9.56. The molecule has 0 radical (unpaired) electrons. The molecular formula is C16H24N2O2. The molecule has 20 heavy (non-hydrogen) atoms. The highest BCUT2D eigenvalue weighted by molar-refractivity contribution is 5.97. The Labute approximate surface area is 121 Å². The number of aliphatic hydroxyl groups is 1. The summed E-state index contributed by atoms with van der Waals surface area (Å²) in [5.74, 6) is 0.0694. The summed E-state index contributed by atoms with van der Waals surface area (Å²) in [5.41, 5.74) is 2.02. The normalized spacial score (nSPS) is 23.6. The molecule has 1 aromatic carbocycles. The summed E-state index contributed by atoms with van der Waals surface area (Å²) < 4.78 is 0. The van der Waals surface area contributed by atoms with E-state index in [1.54, 1.807) is 4.90 Å². The van der Waals surface area contributed by atoms with Crippen molar-refractivity contribution in [3.63, 3.8) is 0 Å². The van der Waals surface area contributed by atoms with Gasteiger partial charge in [-0.05, 0) is 44.7 Å². The van der Waals surface area contributed by atoms with Crippen molar-refractivity contribution in [2.45, 2.75) is 45.2 Å². The summed E-state index contributed by atoms with van der Waals surface area (Å²) >= 11 is 0. The van der Waals surface area contributed by atoms with Crippen molar-refractivity contribution >= 4 is 11.6 Å². The van der Waals surface area contributed by atoms with E-state index in [0.717, 1.165) is 30.5 Å². The predicted molar refractivity (Wildman–Crippen MR) is 80.6 cm³/mol. The number of anilines is 1. The summed E-state index contributed by atoms with van der Waals surface area (Å²) in [7, 11) is 1.82. The number of nitrogens with zero attached hydrogens (tertiary/aromatic N) is 2. The minimum atomic E-state index is -0.214. The molecule has 2 atom stereocenters. The average Bonchev–Trinajstić information content (AvgIpc) is 2.46. The topological polar surface area (TPSA) is 43.8 Å². The fourth-order valence-electron chi connectivity index (χ4n) is 3.03. The van der Waals surface area contributed by atoms with E-state index in [0.29, 0.717) is 0 Å². The van der Waals surface area contributed by atoms with Gasteiger partial charge in [0.25, 0.3) is 0 Å². The van der Waals surface area contributed by atoms with Crippen LogP contribution in [-0.4, -0.2) is 41.8 Å². The maximum atomic E-state index is 12.7. The maximum Gasteiger partial charge on any atom is 0.244 e. The molecule has 1 aliphatic heterocycles. The first kappa shape index (κ1) is 15.0. The predicted octanol–water partition coefficient (Wildman–Crippen LogP) is 2.15. The second kappa shape index (κ2) is 6.37. The summed E-state index contributed by atoms with van der Waals surface area (Å²) in [5, 5.41) is 9.54. The minimum absolute atomic E-state index is 0.0564. The Morgan fingerprint density at radius 1 is 1.40 bits per heavy atom. The summed E-state index contributed by atoms with van der Waals surface area (Å²) in [6.45, 7) is 4.02. The van der Waals surface area contributed by atoms with Gasteiger partial charge in [-0.25, -0.2) is 0 Å². The first-order valence-electron chi connectivity index (χ1n) is 7.26. The molecule has 0 aromatic heterocycles. The van der Waals surface area contributed by atoms with E-state index in [9.17, 15) is 9.90 Å². The van der Waals surface area contributed by atoms with E-state index < -0.39 is 0 Å². The Kier molecular flexibility index (Phi) is 4.78. The number of hydrogen-bond donors (Lipinski definition) is 1. The summed E-state index contributed by atoms with van der Waals surface area (Å²) in [6, 6.07) is 7.93. The summed E-state index contributed by atoms with van der Waals surface area (Å²) in [4.78, 5) is 16.4. The van der Waals surface area contributed by atoms with Gasteiger partial charge >= 0.3 is 0 Å². The van der Waals surface area contributed by atoms with Crippen molar-refractivity contribution in [1.29, 1.82) is 0 Å². The fourth-order valence-corrected chi connectivity index (χ4v) is 3.03. The minimum Gasteiger partial charge on any atom is -0.381 e. The molecule has 0 saturated carbocycles. The third-order valence-electron chi connectivity index (χ3n) is 4.32. The molecule has 2 rings (SSSR count). The fraction of sp³-hybridized carbons (Fsp3) is 0.562. The van der Waals surface area contributed by atoms with Crippen molar-refractivity contribution in [3.05, 3.63) is 29.8 Å². The second-order valence-electron chi connectivity index (χ2n) is 5.64. The van der Waals surface area contributed by atoms with Gasteiger partial charge in [0.05, 0.1) is 12.8 Å². The van der Waals surface area contributed by atoms with Crippen LogP contribution >= 0.6 is 0 Å². The standard InChI is InChI=1S/C16H24N2O2/c1-12-7-4-5-9-14(12)17(3)16(20)15-10-6-8-13(2)18(15)11-19/h4-5,7,9,13,15,19H,6,8,10-11H2,1-3H3. The monoisotopic (exact) mass is 276 g/mol. The van der Waals surface area contributed by atoms with Gasteiger partial charge in [-0.15, -0.1) is 0 Å².